The largest absolute Gasteiger partial charge is 0.346 e. The molecule has 0 saturated heterocycles. The highest BCUT2D eigenvalue weighted by Gasteiger charge is 2.30. The number of rotatable bonds is 7. The van der Waals surface area contributed by atoms with Crippen molar-refractivity contribution in [3.63, 3.8) is 0 Å². The van der Waals surface area contributed by atoms with Crippen LogP contribution in [0.5, 0.6) is 0 Å². The van der Waals surface area contributed by atoms with E-state index < -0.39 is 0 Å². The van der Waals surface area contributed by atoms with E-state index >= 15 is 0 Å². The Bertz CT molecular complexity index is 382. The normalized spacial score (nSPS) is 15.4. The number of nitrogens with zero attached hydrogens (tertiary/aromatic N) is 2. The number of hydrogen-bond donors (Lipinski definition) is 1. The highest BCUT2D eigenvalue weighted by atomic mass is 32.1. The Kier molecular flexibility index (Phi) is 4.62. The second kappa shape index (κ2) is 6.02. The first-order valence-corrected chi connectivity index (χ1v) is 7.89. The van der Waals surface area contributed by atoms with Crippen LogP contribution in [0, 0.1) is 0 Å². The molecule has 1 fully saturated rings. The molecule has 0 atom stereocenters. The Morgan fingerprint density at radius 1 is 1.44 bits per heavy atom. The monoisotopic (exact) mass is 267 g/mol. The highest BCUT2D eigenvalue weighted by molar-refractivity contribution is 7.15. The van der Waals surface area contributed by atoms with Crippen LogP contribution >= 0.6 is 11.3 Å². The van der Waals surface area contributed by atoms with Gasteiger partial charge < -0.3 is 10.2 Å². The Morgan fingerprint density at radius 2 is 2.17 bits per heavy atom. The maximum atomic E-state index is 4.94. The maximum absolute atomic E-state index is 4.94. The topological polar surface area (TPSA) is 28.2 Å². The van der Waals surface area contributed by atoms with Crippen LogP contribution in [0.4, 0.5) is 5.13 Å². The van der Waals surface area contributed by atoms with Gasteiger partial charge in [0.15, 0.2) is 5.13 Å². The van der Waals surface area contributed by atoms with Crippen molar-refractivity contribution in [1.82, 2.24) is 10.3 Å². The van der Waals surface area contributed by atoms with Crippen molar-refractivity contribution in [2.24, 2.45) is 0 Å². The molecule has 1 aliphatic carbocycles. The summed E-state index contributed by atoms with van der Waals surface area (Å²) in [5.41, 5.74) is 1.37. The molecule has 0 aliphatic heterocycles. The van der Waals surface area contributed by atoms with Crippen LogP contribution in [0.2, 0.25) is 0 Å². The van der Waals surface area contributed by atoms with Crippen molar-refractivity contribution in [1.29, 1.82) is 0 Å². The second-order valence-electron chi connectivity index (χ2n) is 5.40. The molecule has 0 aromatic carbocycles. The molecule has 0 radical (unpaired) electrons. The SMILES string of the molecule is CCCN(c1nc(C2CC2)c(CNC)s1)C(C)C. The summed E-state index contributed by atoms with van der Waals surface area (Å²) in [7, 11) is 2.02. The smallest absolute Gasteiger partial charge is 0.186 e. The summed E-state index contributed by atoms with van der Waals surface area (Å²) in [6.07, 6.45) is 3.84. The minimum Gasteiger partial charge on any atom is -0.346 e. The Hall–Kier alpha value is -0.610. The minimum atomic E-state index is 0.533. The first-order valence-electron chi connectivity index (χ1n) is 7.08. The third-order valence-corrected chi connectivity index (χ3v) is 4.46. The van der Waals surface area contributed by atoms with Gasteiger partial charge in [0, 0.05) is 29.9 Å². The fourth-order valence-electron chi connectivity index (χ4n) is 2.25. The lowest BCUT2D eigenvalue weighted by molar-refractivity contribution is 0.667. The quantitative estimate of drug-likeness (QED) is 0.821. The van der Waals surface area contributed by atoms with E-state index in [1.54, 1.807) is 0 Å². The van der Waals surface area contributed by atoms with Crippen LogP contribution < -0.4 is 10.2 Å². The Morgan fingerprint density at radius 3 is 2.67 bits per heavy atom. The molecule has 18 heavy (non-hydrogen) atoms. The summed E-state index contributed by atoms with van der Waals surface area (Å²) in [5, 5.41) is 4.49. The average Bonchev–Trinajstić information content (AvgIpc) is 3.09. The molecule has 1 N–H and O–H groups in total. The molecular weight excluding hydrogens is 242 g/mol. The lowest BCUT2D eigenvalue weighted by Crippen LogP contribution is -2.31. The van der Waals surface area contributed by atoms with Gasteiger partial charge in [-0.2, -0.15) is 0 Å². The first kappa shape index (κ1) is 13.8. The number of nitrogens with one attached hydrogen (secondary N) is 1. The predicted molar refractivity (Wildman–Crippen MR) is 79.6 cm³/mol. The van der Waals surface area contributed by atoms with Gasteiger partial charge in [-0.05, 0) is 40.2 Å². The molecule has 1 aromatic rings. The van der Waals surface area contributed by atoms with Gasteiger partial charge in [0.1, 0.15) is 0 Å². The molecule has 4 heteroatoms. The Labute approximate surface area is 115 Å². The molecule has 1 aromatic heterocycles. The third-order valence-electron chi connectivity index (χ3n) is 3.35. The van der Waals surface area contributed by atoms with Gasteiger partial charge in [0.25, 0.3) is 0 Å². The molecule has 0 unspecified atom stereocenters. The van der Waals surface area contributed by atoms with Crippen LogP contribution in [-0.4, -0.2) is 24.6 Å². The second-order valence-corrected chi connectivity index (χ2v) is 6.46. The molecule has 3 nitrogen and oxygen atoms in total. The van der Waals surface area contributed by atoms with E-state index in [9.17, 15) is 0 Å². The van der Waals surface area contributed by atoms with Gasteiger partial charge in [-0.25, -0.2) is 4.98 Å². The molecule has 1 heterocycles. The third kappa shape index (κ3) is 3.04. The predicted octanol–water partition coefficient (Wildman–Crippen LogP) is 3.36. The summed E-state index contributed by atoms with van der Waals surface area (Å²) in [5.74, 6) is 0.744. The maximum Gasteiger partial charge on any atom is 0.186 e. The van der Waals surface area contributed by atoms with Crippen LogP contribution in [0.15, 0.2) is 0 Å². The zero-order valence-corrected chi connectivity index (χ0v) is 12.8. The summed E-state index contributed by atoms with van der Waals surface area (Å²) in [4.78, 5) is 8.82. The Balaban J connectivity index is 2.23. The van der Waals surface area contributed by atoms with E-state index in [1.165, 1.54) is 35.0 Å². The van der Waals surface area contributed by atoms with E-state index in [1.807, 2.05) is 18.4 Å². The molecule has 0 spiro atoms. The number of thiazole rings is 1. The molecule has 1 aliphatic rings. The minimum absolute atomic E-state index is 0.533. The van der Waals surface area contributed by atoms with Crippen molar-refractivity contribution in [2.45, 2.75) is 58.5 Å². The van der Waals surface area contributed by atoms with Crippen molar-refractivity contribution in [3.05, 3.63) is 10.6 Å². The number of anilines is 1. The zero-order chi connectivity index (χ0) is 13.1. The molecule has 1 saturated carbocycles. The van der Waals surface area contributed by atoms with Crippen molar-refractivity contribution < 1.29 is 0 Å². The van der Waals surface area contributed by atoms with Crippen molar-refractivity contribution in [3.8, 4) is 0 Å². The van der Waals surface area contributed by atoms with Gasteiger partial charge in [-0.1, -0.05) is 6.92 Å². The van der Waals surface area contributed by atoms with Crippen LogP contribution in [0.25, 0.3) is 0 Å². The fourth-order valence-corrected chi connectivity index (χ4v) is 3.57. The van der Waals surface area contributed by atoms with Crippen LogP contribution in [-0.2, 0) is 6.54 Å². The standard InChI is InChI=1S/C14H25N3S/c1-5-8-17(10(2)3)14-16-13(11-6-7-11)12(18-14)9-15-4/h10-11,15H,5-9H2,1-4H3. The van der Waals surface area contributed by atoms with Gasteiger partial charge in [0.05, 0.1) is 5.69 Å². The van der Waals surface area contributed by atoms with E-state index in [4.69, 9.17) is 4.98 Å². The summed E-state index contributed by atoms with van der Waals surface area (Å²) < 4.78 is 0. The molecular formula is C14H25N3S. The van der Waals surface area contributed by atoms with Gasteiger partial charge in [-0.15, -0.1) is 11.3 Å². The first-order chi connectivity index (χ1) is 8.67. The number of hydrogen-bond acceptors (Lipinski definition) is 4. The average molecular weight is 267 g/mol. The van der Waals surface area contributed by atoms with E-state index in [0.29, 0.717) is 6.04 Å². The van der Waals surface area contributed by atoms with E-state index in [0.717, 1.165) is 19.0 Å². The molecule has 0 bridgehead atoms. The van der Waals surface area contributed by atoms with Gasteiger partial charge in [-0.3, -0.25) is 0 Å². The van der Waals surface area contributed by atoms with E-state index in [-0.39, 0.29) is 0 Å². The van der Waals surface area contributed by atoms with Gasteiger partial charge in [0.2, 0.25) is 0 Å². The summed E-state index contributed by atoms with van der Waals surface area (Å²) in [6, 6.07) is 0.533. The summed E-state index contributed by atoms with van der Waals surface area (Å²) in [6.45, 7) is 8.81. The van der Waals surface area contributed by atoms with E-state index in [2.05, 4.69) is 31.0 Å². The van der Waals surface area contributed by atoms with Crippen LogP contribution in [0.3, 0.4) is 0 Å². The number of aromatic nitrogens is 1. The molecule has 2 rings (SSSR count). The molecule has 0 amide bonds. The van der Waals surface area contributed by atoms with Crippen molar-refractivity contribution >= 4 is 16.5 Å². The highest BCUT2D eigenvalue weighted by Crippen LogP contribution is 2.44. The fraction of sp³-hybridized carbons (Fsp3) is 0.786. The zero-order valence-electron chi connectivity index (χ0n) is 12.0. The lowest BCUT2D eigenvalue weighted by atomic mass is 10.2. The lowest BCUT2D eigenvalue weighted by Gasteiger charge is -2.25. The summed E-state index contributed by atoms with van der Waals surface area (Å²) >= 11 is 1.88. The van der Waals surface area contributed by atoms with Crippen molar-refractivity contribution in [2.75, 3.05) is 18.5 Å². The van der Waals surface area contributed by atoms with Gasteiger partial charge >= 0.3 is 0 Å². The van der Waals surface area contributed by atoms with Crippen LogP contribution in [0.1, 0.15) is 56.5 Å². The molecule has 102 valence electrons.